The third-order valence-corrected chi connectivity index (χ3v) is 15.7. The van der Waals surface area contributed by atoms with E-state index in [0.29, 0.717) is 17.4 Å². The lowest BCUT2D eigenvalue weighted by atomic mass is 10.0. The molecule has 2 atom stereocenters. The van der Waals surface area contributed by atoms with Crippen molar-refractivity contribution < 1.29 is 42.1 Å². The van der Waals surface area contributed by atoms with Crippen LogP contribution in [0.15, 0.2) is 170 Å². The van der Waals surface area contributed by atoms with E-state index in [9.17, 15) is 19.0 Å². The molecule has 0 amide bonds. The largest absolute Gasteiger partial charge is 0.472 e. The molecule has 2 unspecified atom stereocenters. The number of likely N-dealkylation sites (N-methyl/N-ethyl adjacent to an activating group) is 1. The SMILES string of the molecule is CC/C=C\C/C=C\C/C=C\C/C=C\C/C=C\C/C=C\C/C=C\C/C=C\C/C=C\C/C=C\CCCCCCCCCCC(=O)OC(COC(=O)CCCCCCCCCCCCCCCC/C=C\C/C=C\C/C=C\C/C=C\CC)COP(=O)(O)OCC[N+](C)(C)C. The summed E-state index contributed by atoms with van der Waals surface area (Å²) in [6.07, 6.45) is 105. The van der Waals surface area contributed by atoms with Gasteiger partial charge in [-0.3, -0.25) is 18.6 Å². The number of carbonyl (C=O) groups is 2. The van der Waals surface area contributed by atoms with Gasteiger partial charge in [0.2, 0.25) is 0 Å². The Labute approximate surface area is 553 Å². The Morgan fingerprint density at radius 3 is 0.889 bits per heavy atom. The number of hydrogen-bond donors (Lipinski definition) is 1. The van der Waals surface area contributed by atoms with Crippen LogP contribution in [0, 0.1) is 0 Å². The zero-order valence-corrected chi connectivity index (χ0v) is 58.9. The van der Waals surface area contributed by atoms with Crippen molar-refractivity contribution in [2.75, 3.05) is 47.5 Å². The molecular weight excluding hydrogens is 1130 g/mol. The summed E-state index contributed by atoms with van der Waals surface area (Å²) >= 11 is 0. The summed E-state index contributed by atoms with van der Waals surface area (Å²) in [4.78, 5) is 35.9. The smallest absolute Gasteiger partial charge is 0.462 e. The first kappa shape index (κ1) is 85.4. The van der Waals surface area contributed by atoms with Gasteiger partial charge in [-0.1, -0.05) is 300 Å². The number of phosphoric ester groups is 1. The van der Waals surface area contributed by atoms with Gasteiger partial charge in [0.15, 0.2) is 6.10 Å². The van der Waals surface area contributed by atoms with Gasteiger partial charge in [-0.25, -0.2) is 4.57 Å². The highest BCUT2D eigenvalue weighted by Crippen LogP contribution is 2.43. The number of quaternary nitrogens is 1. The zero-order valence-electron chi connectivity index (χ0n) is 58.1. The number of phosphoric acid groups is 1. The van der Waals surface area contributed by atoms with Crippen molar-refractivity contribution >= 4 is 19.8 Å². The first-order chi connectivity index (χ1) is 44.0. The van der Waals surface area contributed by atoms with E-state index in [1.54, 1.807) is 0 Å². The first-order valence-corrected chi connectivity index (χ1v) is 37.4. The molecule has 1 N–H and O–H groups in total. The van der Waals surface area contributed by atoms with Crippen molar-refractivity contribution in [3.05, 3.63) is 170 Å². The number of nitrogens with zero attached hydrogens (tertiary/aromatic N) is 1. The van der Waals surface area contributed by atoms with E-state index in [1.807, 2.05) is 21.1 Å². The lowest BCUT2D eigenvalue weighted by molar-refractivity contribution is -0.870. The normalized spacial score (nSPS) is 14.2. The van der Waals surface area contributed by atoms with Crippen LogP contribution in [-0.2, 0) is 32.7 Å². The number of allylic oxidation sites excluding steroid dienone is 28. The zero-order chi connectivity index (χ0) is 65.5. The Balaban J connectivity index is 4.12. The number of carbonyl (C=O) groups excluding carboxylic acids is 2. The molecule has 0 aliphatic rings. The van der Waals surface area contributed by atoms with Crippen LogP contribution >= 0.6 is 7.82 Å². The van der Waals surface area contributed by atoms with Crippen LogP contribution in [0.4, 0.5) is 0 Å². The second-order valence-electron chi connectivity index (χ2n) is 24.5. The van der Waals surface area contributed by atoms with E-state index in [2.05, 4.69) is 184 Å². The molecule has 0 aliphatic heterocycles. The molecule has 0 aromatic heterocycles. The Morgan fingerprint density at radius 1 is 0.344 bits per heavy atom. The van der Waals surface area contributed by atoms with Gasteiger partial charge in [0.1, 0.15) is 19.8 Å². The molecule has 0 heterocycles. The van der Waals surface area contributed by atoms with Gasteiger partial charge in [0.05, 0.1) is 27.7 Å². The molecule has 0 aromatic rings. The lowest BCUT2D eigenvalue weighted by Gasteiger charge is -2.24. The van der Waals surface area contributed by atoms with E-state index in [4.69, 9.17) is 18.5 Å². The van der Waals surface area contributed by atoms with Crippen molar-refractivity contribution in [1.29, 1.82) is 0 Å². The summed E-state index contributed by atoms with van der Waals surface area (Å²) < 4.78 is 34.7. The predicted octanol–water partition coefficient (Wildman–Crippen LogP) is 23.7. The molecule has 9 nitrogen and oxygen atoms in total. The van der Waals surface area contributed by atoms with Gasteiger partial charge in [-0.2, -0.15) is 0 Å². The van der Waals surface area contributed by atoms with Crippen LogP contribution < -0.4 is 0 Å². The number of ether oxygens (including phenoxy) is 2. The van der Waals surface area contributed by atoms with Gasteiger partial charge < -0.3 is 18.9 Å². The van der Waals surface area contributed by atoms with Gasteiger partial charge in [-0.05, 0) is 128 Å². The second kappa shape index (κ2) is 68.7. The van der Waals surface area contributed by atoms with Crippen molar-refractivity contribution in [1.82, 2.24) is 0 Å². The second-order valence-corrected chi connectivity index (χ2v) is 26.0. The molecule has 0 fully saturated rings. The predicted molar refractivity (Wildman–Crippen MR) is 389 cm³/mol. The number of rotatable bonds is 64. The fourth-order valence-electron chi connectivity index (χ4n) is 9.33. The molecule has 0 aliphatic carbocycles. The molecule has 0 aromatic carbocycles. The third kappa shape index (κ3) is 72.4. The van der Waals surface area contributed by atoms with Crippen molar-refractivity contribution in [2.24, 2.45) is 0 Å². The highest BCUT2D eigenvalue weighted by Gasteiger charge is 2.27. The fraction of sp³-hybridized carbons (Fsp3) is 0.625. The number of hydrogen-bond acceptors (Lipinski definition) is 7. The van der Waals surface area contributed by atoms with Crippen LogP contribution in [0.5, 0.6) is 0 Å². The van der Waals surface area contributed by atoms with Crippen LogP contribution in [0.2, 0.25) is 0 Å². The number of esters is 2. The molecule has 0 rings (SSSR count). The number of unbranched alkanes of at least 4 members (excludes halogenated alkanes) is 22. The van der Waals surface area contributed by atoms with Gasteiger partial charge in [-0.15, -0.1) is 0 Å². The van der Waals surface area contributed by atoms with Gasteiger partial charge >= 0.3 is 19.8 Å². The van der Waals surface area contributed by atoms with Gasteiger partial charge in [0, 0.05) is 12.8 Å². The average Bonchev–Trinajstić information content (AvgIpc) is 3.58. The Hall–Kier alpha value is -4.63. The topological polar surface area (TPSA) is 108 Å². The summed E-state index contributed by atoms with van der Waals surface area (Å²) in [5.41, 5.74) is 0. The molecule has 0 spiro atoms. The molecule has 0 radical (unpaired) electrons. The summed E-state index contributed by atoms with van der Waals surface area (Å²) in [5.74, 6) is -0.813. The van der Waals surface area contributed by atoms with Crippen molar-refractivity contribution in [3.8, 4) is 0 Å². The van der Waals surface area contributed by atoms with E-state index in [-0.39, 0.29) is 32.0 Å². The molecular formula is C80H133NO8P+. The van der Waals surface area contributed by atoms with E-state index in [0.717, 1.165) is 135 Å². The molecule has 0 saturated heterocycles. The van der Waals surface area contributed by atoms with Crippen molar-refractivity contribution in [3.63, 3.8) is 0 Å². The van der Waals surface area contributed by atoms with Crippen LogP contribution in [0.3, 0.4) is 0 Å². The third-order valence-electron chi connectivity index (χ3n) is 14.7. The molecule has 10 heteroatoms. The van der Waals surface area contributed by atoms with E-state index >= 15 is 0 Å². The van der Waals surface area contributed by atoms with Crippen LogP contribution in [0.25, 0.3) is 0 Å². The van der Waals surface area contributed by atoms with E-state index in [1.165, 1.54) is 103 Å². The summed E-state index contributed by atoms with van der Waals surface area (Å²) in [5, 5.41) is 0. The monoisotopic (exact) mass is 1270 g/mol. The lowest BCUT2D eigenvalue weighted by Crippen LogP contribution is -2.37. The molecule has 90 heavy (non-hydrogen) atoms. The maximum Gasteiger partial charge on any atom is 0.472 e. The van der Waals surface area contributed by atoms with E-state index < -0.39 is 26.5 Å². The van der Waals surface area contributed by atoms with Crippen molar-refractivity contribution in [2.45, 2.75) is 277 Å². The summed E-state index contributed by atoms with van der Waals surface area (Å²) in [7, 11) is 1.45. The maximum absolute atomic E-state index is 12.9. The minimum atomic E-state index is -4.41. The average molecular weight is 1270 g/mol. The minimum Gasteiger partial charge on any atom is -0.462 e. The highest BCUT2D eigenvalue weighted by molar-refractivity contribution is 7.47. The first-order valence-electron chi connectivity index (χ1n) is 35.9. The Kier molecular flexibility index (Phi) is 65.2. The summed E-state index contributed by atoms with van der Waals surface area (Å²) in [6.45, 7) is 4.19. The fourth-order valence-corrected chi connectivity index (χ4v) is 10.1. The van der Waals surface area contributed by atoms with Gasteiger partial charge in [0.25, 0.3) is 0 Å². The quantitative estimate of drug-likeness (QED) is 0.0211. The maximum atomic E-state index is 12.9. The molecule has 0 saturated carbocycles. The standard InChI is InChI=1S/C80H132NO8P/c1-6-8-10-12-14-16-18-20-22-24-26-28-30-32-34-35-36-37-38-39-40-41-42-43-44-45-47-49-51-53-55-57-59-61-63-65-67-69-71-73-80(83)89-78(77-88-90(84,85)87-75-74-81(3,4)5)76-86-79(82)72-70-68-66-64-62-60-58-56-54-52-50-48-46-33-31-29-27-25-23-21-19-17-15-13-11-9-7-2/h8-11,14-17,20-23,26-29,32,34,36-37,39-40,42-43,45,47,51,53,78H,6-7,12-13,18-19,24-25,30-31,33,35,38,41,44,46,48-50,52,54-77H2,1-5H3/p+1/b10-8-,11-9-,16-14-,17-15-,22-20-,23-21-,28-26-,29-27-,34-32-,37-36-,40-39-,43-42-,47-45-,53-51-. The molecule has 0 bridgehead atoms. The Morgan fingerprint density at radius 2 is 0.600 bits per heavy atom. The van der Waals surface area contributed by atoms with Crippen LogP contribution in [0.1, 0.15) is 271 Å². The van der Waals surface area contributed by atoms with Crippen LogP contribution in [-0.4, -0.2) is 74.9 Å². The minimum absolute atomic E-state index is 0.0220. The molecule has 510 valence electrons. The highest BCUT2D eigenvalue weighted by atomic mass is 31.2. The Bertz CT molecular complexity index is 2130. The summed E-state index contributed by atoms with van der Waals surface area (Å²) in [6, 6.07) is 0.